The molecule has 2 aromatic carbocycles. The zero-order valence-electron chi connectivity index (χ0n) is 14.1. The molecule has 0 unspecified atom stereocenters. The van der Waals surface area contributed by atoms with Gasteiger partial charge in [0.2, 0.25) is 0 Å². The molecule has 128 valence electrons. The molecule has 0 fully saturated rings. The highest BCUT2D eigenvalue weighted by molar-refractivity contribution is 6.31. The van der Waals surface area contributed by atoms with Gasteiger partial charge in [0.1, 0.15) is 11.5 Å². The van der Waals surface area contributed by atoms with Crippen LogP contribution < -0.4 is 14.8 Å². The molecule has 25 heavy (non-hydrogen) atoms. The first kappa shape index (κ1) is 17.0. The molecule has 0 aliphatic heterocycles. The lowest BCUT2D eigenvalue weighted by Gasteiger charge is -2.13. The average molecular weight is 357 g/mol. The first-order valence-corrected chi connectivity index (χ1v) is 8.00. The number of nitrogens with zero attached hydrogens (tertiary/aromatic N) is 1. The second-order valence-electron chi connectivity index (χ2n) is 5.48. The third-order valence-electron chi connectivity index (χ3n) is 3.87. The number of amides is 1. The zero-order chi connectivity index (χ0) is 18.0. The lowest BCUT2D eigenvalue weighted by molar-refractivity contribution is 0.102. The van der Waals surface area contributed by atoms with Crippen molar-refractivity contribution in [3.8, 4) is 11.5 Å². The van der Waals surface area contributed by atoms with Gasteiger partial charge in [0.15, 0.2) is 0 Å². The molecule has 3 aromatic rings. The van der Waals surface area contributed by atoms with E-state index in [0.717, 1.165) is 10.9 Å². The van der Waals surface area contributed by atoms with Crippen LogP contribution in [0.1, 0.15) is 16.1 Å². The van der Waals surface area contributed by atoms with E-state index in [4.69, 9.17) is 21.1 Å². The molecule has 1 amide bonds. The van der Waals surface area contributed by atoms with E-state index >= 15 is 0 Å². The van der Waals surface area contributed by atoms with Crippen molar-refractivity contribution in [3.05, 3.63) is 58.7 Å². The summed E-state index contributed by atoms with van der Waals surface area (Å²) in [5, 5.41) is 4.27. The summed E-state index contributed by atoms with van der Waals surface area (Å²) in [6.45, 7) is 1.80. The van der Waals surface area contributed by atoms with Gasteiger partial charge in [0.05, 0.1) is 36.7 Å². The molecule has 0 saturated heterocycles. The van der Waals surface area contributed by atoms with Crippen LogP contribution in [0.25, 0.3) is 10.9 Å². The SMILES string of the molecule is COc1ccc(NC(=O)c2cc3cc(Cl)ccc3nc2C)c(OC)c1. The van der Waals surface area contributed by atoms with Gasteiger partial charge in [-0.15, -0.1) is 0 Å². The Morgan fingerprint density at radius 1 is 1.08 bits per heavy atom. The number of carbonyl (C=O) groups is 1. The quantitative estimate of drug-likeness (QED) is 0.749. The number of ether oxygens (including phenoxy) is 2. The van der Waals surface area contributed by atoms with Crippen molar-refractivity contribution in [2.45, 2.75) is 6.92 Å². The molecule has 0 bridgehead atoms. The third-order valence-corrected chi connectivity index (χ3v) is 4.10. The Morgan fingerprint density at radius 3 is 2.60 bits per heavy atom. The molecule has 0 atom stereocenters. The highest BCUT2D eigenvalue weighted by Gasteiger charge is 2.15. The molecular weight excluding hydrogens is 340 g/mol. The predicted molar refractivity (Wildman–Crippen MR) is 99.0 cm³/mol. The Balaban J connectivity index is 1.96. The van der Waals surface area contributed by atoms with Crippen molar-refractivity contribution in [2.24, 2.45) is 0 Å². The number of hydrogen-bond acceptors (Lipinski definition) is 4. The topological polar surface area (TPSA) is 60.5 Å². The van der Waals surface area contributed by atoms with Crippen molar-refractivity contribution in [2.75, 3.05) is 19.5 Å². The molecule has 0 radical (unpaired) electrons. The molecule has 0 aliphatic carbocycles. The number of rotatable bonds is 4. The summed E-state index contributed by atoms with van der Waals surface area (Å²) >= 11 is 6.03. The van der Waals surface area contributed by atoms with Gasteiger partial charge in [0.25, 0.3) is 5.91 Å². The van der Waals surface area contributed by atoms with Crippen LogP contribution in [0.15, 0.2) is 42.5 Å². The van der Waals surface area contributed by atoms with Gasteiger partial charge in [-0.1, -0.05) is 11.6 Å². The van der Waals surface area contributed by atoms with Crippen LogP contribution in [0.2, 0.25) is 5.02 Å². The second-order valence-corrected chi connectivity index (χ2v) is 5.92. The van der Waals surface area contributed by atoms with E-state index in [1.165, 1.54) is 7.11 Å². The van der Waals surface area contributed by atoms with E-state index < -0.39 is 0 Å². The van der Waals surface area contributed by atoms with Gasteiger partial charge in [-0.3, -0.25) is 9.78 Å². The zero-order valence-corrected chi connectivity index (χ0v) is 14.8. The summed E-state index contributed by atoms with van der Waals surface area (Å²) in [5.74, 6) is 0.894. The summed E-state index contributed by atoms with van der Waals surface area (Å²) in [5.41, 5.74) is 2.46. The van der Waals surface area contributed by atoms with Crippen LogP contribution in [0.5, 0.6) is 11.5 Å². The minimum absolute atomic E-state index is 0.268. The van der Waals surface area contributed by atoms with Gasteiger partial charge < -0.3 is 14.8 Å². The maximum atomic E-state index is 12.7. The van der Waals surface area contributed by atoms with E-state index in [0.29, 0.717) is 33.5 Å². The van der Waals surface area contributed by atoms with Gasteiger partial charge >= 0.3 is 0 Å². The lowest BCUT2D eigenvalue weighted by atomic mass is 10.1. The number of pyridine rings is 1. The fraction of sp³-hybridized carbons (Fsp3) is 0.158. The van der Waals surface area contributed by atoms with Gasteiger partial charge in [-0.2, -0.15) is 0 Å². The summed E-state index contributed by atoms with van der Waals surface area (Å²) in [6.07, 6.45) is 0. The molecular formula is C19H17ClN2O3. The summed E-state index contributed by atoms with van der Waals surface area (Å²) in [6, 6.07) is 12.4. The van der Waals surface area contributed by atoms with E-state index in [9.17, 15) is 4.79 Å². The number of nitrogens with one attached hydrogen (secondary N) is 1. The van der Waals surface area contributed by atoms with Crippen molar-refractivity contribution in [1.29, 1.82) is 0 Å². The second kappa shape index (κ2) is 6.99. The molecule has 6 heteroatoms. The summed E-state index contributed by atoms with van der Waals surface area (Å²) in [7, 11) is 3.11. The monoisotopic (exact) mass is 356 g/mol. The Labute approximate surface area is 150 Å². The Morgan fingerprint density at radius 2 is 1.88 bits per heavy atom. The number of hydrogen-bond donors (Lipinski definition) is 1. The number of carbonyl (C=O) groups excluding carboxylic acids is 1. The van der Waals surface area contributed by atoms with Crippen LogP contribution in [0.4, 0.5) is 5.69 Å². The Hall–Kier alpha value is -2.79. The van der Waals surface area contributed by atoms with Crippen LogP contribution in [0, 0.1) is 6.92 Å². The standard InChI is InChI=1S/C19H17ClN2O3/c1-11-15(9-12-8-13(20)4-6-16(12)21-11)19(23)22-17-7-5-14(24-2)10-18(17)25-3/h4-10H,1-3H3,(H,22,23). The van der Waals surface area contributed by atoms with E-state index in [1.807, 2.05) is 6.07 Å². The summed E-state index contributed by atoms with van der Waals surface area (Å²) in [4.78, 5) is 17.2. The molecule has 0 aliphatic rings. The van der Waals surface area contributed by atoms with Gasteiger partial charge in [0, 0.05) is 16.5 Å². The number of halogens is 1. The molecule has 1 heterocycles. The minimum atomic E-state index is -0.268. The average Bonchev–Trinajstić information content (AvgIpc) is 2.61. The predicted octanol–water partition coefficient (Wildman–Crippen LogP) is 4.47. The maximum absolute atomic E-state index is 12.7. The Kier molecular flexibility index (Phi) is 4.76. The number of aromatic nitrogens is 1. The van der Waals surface area contributed by atoms with Crippen molar-refractivity contribution >= 4 is 34.1 Å². The molecule has 1 aromatic heterocycles. The van der Waals surface area contributed by atoms with Gasteiger partial charge in [-0.05, 0) is 43.3 Å². The minimum Gasteiger partial charge on any atom is -0.497 e. The molecule has 0 saturated carbocycles. The fourth-order valence-corrected chi connectivity index (χ4v) is 2.75. The lowest BCUT2D eigenvalue weighted by Crippen LogP contribution is -2.15. The Bertz CT molecular complexity index is 957. The van der Waals surface area contributed by atoms with Crippen molar-refractivity contribution in [3.63, 3.8) is 0 Å². The van der Waals surface area contributed by atoms with Crippen LogP contribution in [-0.4, -0.2) is 25.1 Å². The highest BCUT2D eigenvalue weighted by atomic mass is 35.5. The number of aryl methyl sites for hydroxylation is 1. The summed E-state index contributed by atoms with van der Waals surface area (Å²) < 4.78 is 10.5. The van der Waals surface area contributed by atoms with Crippen molar-refractivity contribution in [1.82, 2.24) is 4.98 Å². The van der Waals surface area contributed by atoms with Gasteiger partial charge in [-0.25, -0.2) is 0 Å². The number of benzene rings is 2. The number of fused-ring (bicyclic) bond motifs is 1. The highest BCUT2D eigenvalue weighted by Crippen LogP contribution is 2.30. The molecule has 3 rings (SSSR count). The van der Waals surface area contributed by atoms with Crippen LogP contribution in [-0.2, 0) is 0 Å². The van der Waals surface area contributed by atoms with Crippen LogP contribution in [0.3, 0.4) is 0 Å². The smallest absolute Gasteiger partial charge is 0.257 e. The molecule has 1 N–H and O–H groups in total. The third kappa shape index (κ3) is 3.51. The first-order valence-electron chi connectivity index (χ1n) is 7.62. The van der Waals surface area contributed by atoms with Crippen molar-refractivity contribution < 1.29 is 14.3 Å². The molecule has 5 nitrogen and oxygen atoms in total. The number of methoxy groups -OCH3 is 2. The first-order chi connectivity index (χ1) is 12.0. The van der Waals surface area contributed by atoms with Crippen LogP contribution >= 0.6 is 11.6 Å². The molecule has 0 spiro atoms. The van der Waals surface area contributed by atoms with E-state index in [-0.39, 0.29) is 5.91 Å². The normalized spacial score (nSPS) is 10.6. The van der Waals surface area contributed by atoms with E-state index in [1.54, 1.807) is 50.4 Å². The number of anilines is 1. The van der Waals surface area contributed by atoms with E-state index in [2.05, 4.69) is 10.3 Å². The maximum Gasteiger partial charge on any atom is 0.257 e. The fourth-order valence-electron chi connectivity index (χ4n) is 2.56. The largest absolute Gasteiger partial charge is 0.497 e.